The molecule has 2 heterocycles. The number of hydrogen-bond acceptors (Lipinski definition) is 8. The molecule has 55 heavy (non-hydrogen) atoms. The van der Waals surface area contributed by atoms with Gasteiger partial charge in [0.25, 0.3) is 11.8 Å². The summed E-state index contributed by atoms with van der Waals surface area (Å²) in [5.41, 5.74) is 3.72. The predicted octanol–water partition coefficient (Wildman–Crippen LogP) is 4.03. The van der Waals surface area contributed by atoms with Gasteiger partial charge in [0.2, 0.25) is 11.8 Å². The van der Waals surface area contributed by atoms with Gasteiger partial charge in [0.05, 0.1) is 37.0 Å². The molecule has 4 aromatic carbocycles. The number of carbonyl (C=O) groups is 4. The summed E-state index contributed by atoms with van der Waals surface area (Å²) in [5, 5.41) is 11.8. The molecule has 0 aliphatic carbocycles. The molecule has 0 saturated carbocycles. The van der Waals surface area contributed by atoms with Gasteiger partial charge >= 0.3 is 0 Å². The molecule has 12 nitrogen and oxygen atoms in total. The Morgan fingerprint density at radius 1 is 0.709 bits per heavy atom. The summed E-state index contributed by atoms with van der Waals surface area (Å²) in [6.07, 6.45) is 0.961. The van der Waals surface area contributed by atoms with Crippen LogP contribution in [0.15, 0.2) is 103 Å². The van der Waals surface area contributed by atoms with E-state index >= 15 is 0 Å². The Balaban J connectivity index is 1.18. The van der Waals surface area contributed by atoms with Crippen molar-refractivity contribution in [1.29, 1.82) is 0 Å². The van der Waals surface area contributed by atoms with E-state index in [9.17, 15) is 19.2 Å². The quantitative estimate of drug-likeness (QED) is 0.222. The number of carbonyl (C=O) groups excluding carboxylic acids is 4. The number of benzene rings is 4. The Labute approximate surface area is 321 Å². The predicted molar refractivity (Wildman–Crippen MR) is 208 cm³/mol. The fraction of sp³-hybridized carbons (Fsp3) is 0.349. The van der Waals surface area contributed by atoms with Crippen LogP contribution >= 0.6 is 0 Å². The average molecular weight is 748 g/mol. The maximum absolute atomic E-state index is 13.7. The molecule has 12 heteroatoms. The standard InChI is InChI=1S/C43H49N5O7/c49-40-20-19-37(43(52)45-28-32-15-17-33(18-16-32)29-48-22-25-53-26-23-48)47-42(51)36-12-5-6-13-38(36)54-24-8-21-44-41(50)35-11-4-7-14-39(35)55-30-34(46-40)27-31-9-2-1-3-10-31/h1-7,9-18,34,37H,8,19-30H2,(H,44,50)(H,45,52)(H,46,49)(H,47,51)/t34-,37+/m1/s1. The summed E-state index contributed by atoms with van der Waals surface area (Å²) in [6, 6.07) is 30.1. The van der Waals surface area contributed by atoms with E-state index in [2.05, 4.69) is 38.3 Å². The van der Waals surface area contributed by atoms with Crippen LogP contribution in [0.1, 0.15) is 56.7 Å². The van der Waals surface area contributed by atoms with Crippen LogP contribution in [-0.2, 0) is 33.8 Å². The van der Waals surface area contributed by atoms with Crippen LogP contribution in [-0.4, -0.2) is 86.7 Å². The lowest BCUT2D eigenvalue weighted by molar-refractivity contribution is -0.124. The van der Waals surface area contributed by atoms with Crippen molar-refractivity contribution < 1.29 is 33.4 Å². The average Bonchev–Trinajstić information content (AvgIpc) is 3.21. The van der Waals surface area contributed by atoms with E-state index in [0.717, 1.165) is 44.0 Å². The number of ether oxygens (including phenoxy) is 3. The Hall–Kier alpha value is -5.72. The Kier molecular flexibility index (Phi) is 14.2. The van der Waals surface area contributed by atoms with Crippen molar-refractivity contribution in [1.82, 2.24) is 26.2 Å². The maximum Gasteiger partial charge on any atom is 0.255 e. The highest BCUT2D eigenvalue weighted by atomic mass is 16.5. The molecule has 0 radical (unpaired) electrons. The highest BCUT2D eigenvalue weighted by molar-refractivity contribution is 6.00. The molecule has 1 saturated heterocycles. The summed E-state index contributed by atoms with van der Waals surface area (Å²) in [7, 11) is 0. The fourth-order valence-corrected chi connectivity index (χ4v) is 6.52. The van der Waals surface area contributed by atoms with Gasteiger partial charge in [-0.15, -0.1) is 0 Å². The van der Waals surface area contributed by atoms with Crippen molar-refractivity contribution in [3.63, 3.8) is 0 Å². The van der Waals surface area contributed by atoms with Gasteiger partial charge in [0.1, 0.15) is 24.1 Å². The first-order valence-corrected chi connectivity index (χ1v) is 18.9. The largest absolute Gasteiger partial charge is 0.493 e. The van der Waals surface area contributed by atoms with Gasteiger partial charge < -0.3 is 35.5 Å². The highest BCUT2D eigenvalue weighted by Gasteiger charge is 2.25. The smallest absolute Gasteiger partial charge is 0.255 e. The van der Waals surface area contributed by atoms with Gasteiger partial charge in [-0.1, -0.05) is 78.9 Å². The lowest BCUT2D eigenvalue weighted by atomic mass is 10.0. The van der Waals surface area contributed by atoms with E-state index in [0.29, 0.717) is 36.4 Å². The van der Waals surface area contributed by atoms with Crippen LogP contribution in [0.3, 0.4) is 0 Å². The third kappa shape index (κ3) is 11.9. The molecule has 6 rings (SSSR count). The second kappa shape index (κ2) is 20.1. The van der Waals surface area contributed by atoms with Crippen molar-refractivity contribution in [2.24, 2.45) is 0 Å². The molecule has 4 amide bonds. The van der Waals surface area contributed by atoms with Crippen LogP contribution in [0, 0.1) is 0 Å². The minimum Gasteiger partial charge on any atom is -0.493 e. The van der Waals surface area contributed by atoms with Crippen molar-refractivity contribution in [3.8, 4) is 11.5 Å². The molecule has 4 N–H and O–H groups in total. The lowest BCUT2D eigenvalue weighted by Crippen LogP contribution is -2.47. The zero-order valence-electron chi connectivity index (χ0n) is 31.0. The van der Waals surface area contributed by atoms with E-state index in [1.165, 1.54) is 5.56 Å². The molecule has 2 atom stereocenters. The van der Waals surface area contributed by atoms with Gasteiger partial charge in [0, 0.05) is 39.1 Å². The summed E-state index contributed by atoms with van der Waals surface area (Å²) in [5.74, 6) is -0.764. The number of morpholine rings is 1. The first-order valence-electron chi connectivity index (χ1n) is 18.9. The molecular formula is C43H49N5O7. The van der Waals surface area contributed by atoms with Gasteiger partial charge in [-0.3, -0.25) is 24.1 Å². The van der Waals surface area contributed by atoms with Crippen LogP contribution in [0.5, 0.6) is 11.5 Å². The minimum absolute atomic E-state index is 0.0446. The number of amides is 4. The number of nitrogens with one attached hydrogen (secondary N) is 4. The highest BCUT2D eigenvalue weighted by Crippen LogP contribution is 2.21. The lowest BCUT2D eigenvalue weighted by Gasteiger charge is -2.26. The molecular weight excluding hydrogens is 699 g/mol. The van der Waals surface area contributed by atoms with Crippen molar-refractivity contribution in [2.75, 3.05) is 46.1 Å². The Morgan fingerprint density at radius 3 is 2.11 bits per heavy atom. The summed E-state index contributed by atoms with van der Waals surface area (Å²) in [4.78, 5) is 56.5. The molecule has 0 spiro atoms. The van der Waals surface area contributed by atoms with E-state index in [-0.39, 0.29) is 50.0 Å². The van der Waals surface area contributed by atoms with Crippen molar-refractivity contribution >= 4 is 23.6 Å². The SMILES string of the molecule is O=C1CC[C@@H](C(=O)NCc2ccc(CN3CCOCC3)cc2)NC(=O)c2ccccc2OCCCNC(=O)c2ccccc2OC[C@@H](Cc2ccccc2)N1. The molecule has 0 aromatic heterocycles. The van der Waals surface area contributed by atoms with Gasteiger partial charge in [-0.25, -0.2) is 0 Å². The van der Waals surface area contributed by atoms with Crippen molar-refractivity contribution in [2.45, 2.75) is 50.9 Å². The molecule has 0 bridgehead atoms. The first-order chi connectivity index (χ1) is 26.9. The zero-order chi connectivity index (χ0) is 38.2. The van der Waals surface area contributed by atoms with Crippen LogP contribution in [0.2, 0.25) is 0 Å². The zero-order valence-corrected chi connectivity index (χ0v) is 31.0. The van der Waals surface area contributed by atoms with E-state index in [1.54, 1.807) is 48.5 Å². The summed E-state index contributed by atoms with van der Waals surface area (Å²) in [6.45, 7) is 5.02. The van der Waals surface area contributed by atoms with E-state index < -0.39 is 23.9 Å². The third-order valence-electron chi connectivity index (χ3n) is 9.54. The number of nitrogens with zero attached hydrogens (tertiary/aromatic N) is 1. The topological polar surface area (TPSA) is 147 Å². The number of para-hydroxylation sites is 2. The number of rotatable bonds is 7. The summed E-state index contributed by atoms with van der Waals surface area (Å²) >= 11 is 0. The Bertz CT molecular complexity index is 1880. The minimum atomic E-state index is -1.01. The second-order valence-electron chi connectivity index (χ2n) is 13.7. The van der Waals surface area contributed by atoms with Gasteiger partial charge in [0.15, 0.2) is 0 Å². The van der Waals surface area contributed by atoms with E-state index in [4.69, 9.17) is 14.2 Å². The first kappa shape index (κ1) is 39.0. The van der Waals surface area contributed by atoms with Crippen LogP contribution in [0.4, 0.5) is 0 Å². The summed E-state index contributed by atoms with van der Waals surface area (Å²) < 4.78 is 17.6. The molecule has 2 aliphatic heterocycles. The molecule has 1 fully saturated rings. The number of hydrogen-bond donors (Lipinski definition) is 4. The number of fused-ring (bicyclic) bond motifs is 2. The normalized spacial score (nSPS) is 19.2. The maximum atomic E-state index is 13.7. The molecule has 4 aromatic rings. The molecule has 0 unspecified atom stereocenters. The molecule has 2 aliphatic rings. The van der Waals surface area contributed by atoms with Gasteiger partial charge in [-0.2, -0.15) is 0 Å². The monoisotopic (exact) mass is 747 g/mol. The van der Waals surface area contributed by atoms with Crippen LogP contribution < -0.4 is 30.7 Å². The van der Waals surface area contributed by atoms with E-state index in [1.807, 2.05) is 42.5 Å². The van der Waals surface area contributed by atoms with Crippen LogP contribution in [0.25, 0.3) is 0 Å². The third-order valence-corrected chi connectivity index (χ3v) is 9.54. The van der Waals surface area contributed by atoms with Gasteiger partial charge in [-0.05, 0) is 60.2 Å². The molecule has 288 valence electrons. The second-order valence-corrected chi connectivity index (χ2v) is 13.7. The van der Waals surface area contributed by atoms with Crippen molar-refractivity contribution in [3.05, 3.63) is 131 Å². The fourth-order valence-electron chi connectivity index (χ4n) is 6.52. The Morgan fingerprint density at radius 2 is 1.36 bits per heavy atom.